The van der Waals surface area contributed by atoms with Crippen LogP contribution < -0.4 is 16.0 Å². The van der Waals surface area contributed by atoms with Gasteiger partial charge in [0.1, 0.15) is 12.6 Å². The molecule has 0 saturated heterocycles. The van der Waals surface area contributed by atoms with E-state index < -0.39 is 39.8 Å². The maximum Gasteiger partial charge on any atom is 0.408 e. The van der Waals surface area contributed by atoms with E-state index in [1.807, 2.05) is 71.9 Å². The molecule has 214 valence electrons. The van der Waals surface area contributed by atoms with E-state index in [1.165, 1.54) is 0 Å². The van der Waals surface area contributed by atoms with Gasteiger partial charge in [-0.05, 0) is 42.6 Å². The molecule has 1 rings (SSSR count). The Morgan fingerprint density at radius 2 is 1.37 bits per heavy atom. The predicted octanol–water partition coefficient (Wildman–Crippen LogP) is 3.95. The van der Waals surface area contributed by atoms with E-state index in [-0.39, 0.29) is 30.4 Å². The molecule has 0 bridgehead atoms. The maximum atomic E-state index is 13.2. The first kappa shape index (κ1) is 33.3. The molecular formula is C28H45N3O6S. The van der Waals surface area contributed by atoms with Crippen molar-refractivity contribution in [3.05, 3.63) is 47.4 Å². The second-order valence-electron chi connectivity index (χ2n) is 11.0. The number of amides is 3. The van der Waals surface area contributed by atoms with Crippen molar-refractivity contribution in [2.75, 3.05) is 6.26 Å². The quantitative estimate of drug-likeness (QED) is 0.301. The number of hydrogen-bond acceptors (Lipinski definition) is 7. The fourth-order valence-corrected chi connectivity index (χ4v) is 4.31. The minimum absolute atomic E-state index is 0.0558. The summed E-state index contributed by atoms with van der Waals surface area (Å²) in [5, 5.41) is 9.39. The SMILES string of the molecule is CC(C)C[C@@H](/C=C/S(C)(=O)=O)N[C@@H](CC(C)C)C(=O)NC(=O)[C@H](CC(C)C)NC(=O)OCc1ccccc1. The Bertz CT molecular complexity index is 1020. The van der Waals surface area contributed by atoms with E-state index in [9.17, 15) is 22.8 Å². The van der Waals surface area contributed by atoms with Crippen LogP contribution in [0.1, 0.15) is 66.4 Å². The molecule has 0 aromatic heterocycles. The van der Waals surface area contributed by atoms with Gasteiger partial charge in [-0.1, -0.05) is 78.0 Å². The summed E-state index contributed by atoms with van der Waals surface area (Å²) in [5.74, 6) is -0.718. The van der Waals surface area contributed by atoms with Crippen LogP contribution in [0.2, 0.25) is 0 Å². The number of hydrogen-bond donors (Lipinski definition) is 3. The summed E-state index contributed by atoms with van der Waals surface area (Å²) in [5.41, 5.74) is 0.811. The van der Waals surface area contributed by atoms with Gasteiger partial charge in [-0.25, -0.2) is 13.2 Å². The highest BCUT2D eigenvalue weighted by atomic mass is 32.2. The van der Waals surface area contributed by atoms with Crippen molar-refractivity contribution in [3.63, 3.8) is 0 Å². The summed E-state index contributed by atoms with van der Waals surface area (Å²) >= 11 is 0. The summed E-state index contributed by atoms with van der Waals surface area (Å²) < 4.78 is 28.6. The molecule has 0 heterocycles. The Balaban J connectivity index is 2.95. The zero-order chi connectivity index (χ0) is 28.9. The second kappa shape index (κ2) is 16.3. The van der Waals surface area contributed by atoms with Crippen molar-refractivity contribution in [2.45, 2.75) is 85.5 Å². The fraction of sp³-hybridized carbons (Fsp3) is 0.607. The zero-order valence-electron chi connectivity index (χ0n) is 23.7. The van der Waals surface area contributed by atoms with Crippen LogP contribution in [0.3, 0.4) is 0 Å². The molecule has 3 N–H and O–H groups in total. The van der Waals surface area contributed by atoms with Crippen LogP contribution in [0.15, 0.2) is 41.8 Å². The molecule has 38 heavy (non-hydrogen) atoms. The van der Waals surface area contributed by atoms with Crippen LogP contribution >= 0.6 is 0 Å². The maximum absolute atomic E-state index is 13.2. The normalized spacial score (nSPS) is 14.5. The lowest BCUT2D eigenvalue weighted by Crippen LogP contribution is -2.55. The topological polar surface area (TPSA) is 131 Å². The van der Waals surface area contributed by atoms with E-state index in [1.54, 1.807) is 6.08 Å². The van der Waals surface area contributed by atoms with Crippen molar-refractivity contribution < 1.29 is 27.5 Å². The molecule has 0 fully saturated rings. The van der Waals surface area contributed by atoms with Crippen LogP contribution in [0.4, 0.5) is 4.79 Å². The lowest BCUT2D eigenvalue weighted by Gasteiger charge is -2.26. The lowest BCUT2D eigenvalue weighted by molar-refractivity contribution is -0.133. The van der Waals surface area contributed by atoms with E-state index in [2.05, 4.69) is 16.0 Å². The average Bonchev–Trinajstić information content (AvgIpc) is 2.79. The Morgan fingerprint density at radius 1 is 0.842 bits per heavy atom. The van der Waals surface area contributed by atoms with E-state index in [0.717, 1.165) is 17.2 Å². The van der Waals surface area contributed by atoms with Crippen molar-refractivity contribution in [1.82, 2.24) is 16.0 Å². The predicted molar refractivity (Wildman–Crippen MR) is 150 cm³/mol. The molecule has 0 aliphatic heterocycles. The zero-order valence-corrected chi connectivity index (χ0v) is 24.5. The molecule has 1 aromatic rings. The number of nitrogens with one attached hydrogen (secondary N) is 3. The van der Waals surface area contributed by atoms with Crippen molar-refractivity contribution in [3.8, 4) is 0 Å². The van der Waals surface area contributed by atoms with Crippen LogP contribution in [0.5, 0.6) is 0 Å². The summed E-state index contributed by atoms with van der Waals surface area (Å²) in [7, 11) is -3.34. The van der Waals surface area contributed by atoms with Gasteiger partial charge in [-0.2, -0.15) is 0 Å². The van der Waals surface area contributed by atoms with E-state index >= 15 is 0 Å². The Kier molecular flexibility index (Phi) is 14.3. The number of benzene rings is 1. The Labute approximate surface area is 228 Å². The number of imide groups is 1. The molecule has 3 amide bonds. The highest BCUT2D eigenvalue weighted by Gasteiger charge is 2.29. The molecular weight excluding hydrogens is 506 g/mol. The highest BCUT2D eigenvalue weighted by molar-refractivity contribution is 7.93. The third-order valence-corrected chi connectivity index (χ3v) is 6.15. The smallest absolute Gasteiger partial charge is 0.408 e. The van der Waals surface area contributed by atoms with E-state index in [4.69, 9.17) is 4.74 Å². The molecule has 0 saturated carbocycles. The molecule has 0 spiro atoms. The van der Waals surface area contributed by atoms with E-state index in [0.29, 0.717) is 19.3 Å². The molecule has 10 heteroatoms. The van der Waals surface area contributed by atoms with Gasteiger partial charge < -0.3 is 10.1 Å². The van der Waals surface area contributed by atoms with Gasteiger partial charge in [0.2, 0.25) is 11.8 Å². The van der Waals surface area contributed by atoms with Gasteiger partial charge in [-0.3, -0.25) is 20.2 Å². The van der Waals surface area contributed by atoms with Crippen LogP contribution in [-0.2, 0) is 30.8 Å². The minimum atomic E-state index is -3.34. The summed E-state index contributed by atoms with van der Waals surface area (Å²) in [4.78, 5) is 38.7. The second-order valence-corrected chi connectivity index (χ2v) is 12.9. The molecule has 0 radical (unpaired) electrons. The molecule has 9 nitrogen and oxygen atoms in total. The number of rotatable bonds is 15. The van der Waals surface area contributed by atoms with Crippen LogP contribution in [0.25, 0.3) is 0 Å². The lowest BCUT2D eigenvalue weighted by atomic mass is 9.98. The van der Waals surface area contributed by atoms with Gasteiger partial charge in [0, 0.05) is 17.7 Å². The summed E-state index contributed by atoms with van der Waals surface area (Å²) in [6.45, 7) is 11.8. The first-order chi connectivity index (χ1) is 17.7. The number of ether oxygens (including phenoxy) is 1. The minimum Gasteiger partial charge on any atom is -0.445 e. The monoisotopic (exact) mass is 551 g/mol. The first-order valence-corrected chi connectivity index (χ1v) is 15.1. The number of carbonyl (C=O) groups excluding carboxylic acids is 3. The molecule has 0 aliphatic rings. The van der Waals surface area contributed by atoms with Gasteiger partial charge in [0.25, 0.3) is 0 Å². The number of alkyl carbamates (subject to hydrolysis) is 1. The Hall–Kier alpha value is -2.72. The highest BCUT2D eigenvalue weighted by Crippen LogP contribution is 2.13. The van der Waals surface area contributed by atoms with Crippen molar-refractivity contribution >= 4 is 27.7 Å². The van der Waals surface area contributed by atoms with Crippen molar-refractivity contribution in [1.29, 1.82) is 0 Å². The third-order valence-electron chi connectivity index (χ3n) is 5.50. The molecule has 0 unspecified atom stereocenters. The Morgan fingerprint density at radius 3 is 1.89 bits per heavy atom. The third kappa shape index (κ3) is 14.9. The first-order valence-electron chi connectivity index (χ1n) is 13.1. The average molecular weight is 552 g/mol. The number of sulfone groups is 1. The van der Waals surface area contributed by atoms with Gasteiger partial charge in [0.15, 0.2) is 9.84 Å². The molecule has 0 aliphatic carbocycles. The largest absolute Gasteiger partial charge is 0.445 e. The van der Waals surface area contributed by atoms with Crippen molar-refractivity contribution in [2.24, 2.45) is 17.8 Å². The van der Waals surface area contributed by atoms with Gasteiger partial charge in [-0.15, -0.1) is 0 Å². The molecule has 1 aromatic carbocycles. The molecule has 3 atom stereocenters. The van der Waals surface area contributed by atoms with Crippen LogP contribution in [0, 0.1) is 17.8 Å². The van der Waals surface area contributed by atoms with Gasteiger partial charge in [0.05, 0.1) is 6.04 Å². The standard InChI is InChI=1S/C28H45N3O6S/c1-19(2)15-23(13-14-38(7,35)36)29-24(16-20(3)4)26(32)31-27(33)25(17-21(5)6)30-28(34)37-18-22-11-9-8-10-12-22/h8-14,19-21,23-25,29H,15-18H2,1-7H3,(H,30,34)(H,31,32,33)/b14-13+/t23-,24+,25+/m1/s1. The summed E-state index contributed by atoms with van der Waals surface area (Å²) in [6.07, 6.45) is 3.26. The number of carbonyl (C=O) groups is 3. The summed E-state index contributed by atoms with van der Waals surface area (Å²) in [6, 6.07) is 7.09. The fourth-order valence-electron chi connectivity index (χ4n) is 3.83. The van der Waals surface area contributed by atoms with Gasteiger partial charge >= 0.3 is 6.09 Å². The van der Waals surface area contributed by atoms with Crippen LogP contribution in [-0.4, -0.2) is 50.7 Å².